The van der Waals surface area contributed by atoms with Crippen LogP contribution in [0, 0.1) is 0 Å². The number of imidazole rings is 1. The molecule has 102 valence electrons. The van der Waals surface area contributed by atoms with E-state index in [1.165, 1.54) is 0 Å². The molecule has 2 aromatic heterocycles. The van der Waals surface area contributed by atoms with Gasteiger partial charge in [-0.05, 0) is 33.3 Å². The summed E-state index contributed by atoms with van der Waals surface area (Å²) >= 11 is 0. The Balaban J connectivity index is 1.98. The Morgan fingerprint density at radius 1 is 1.42 bits per heavy atom. The number of fused-ring (bicyclic) bond motifs is 1. The van der Waals surface area contributed by atoms with E-state index in [-0.39, 0.29) is 17.3 Å². The van der Waals surface area contributed by atoms with Gasteiger partial charge in [-0.15, -0.1) is 0 Å². The first-order chi connectivity index (χ1) is 8.97. The largest absolute Gasteiger partial charge is 0.326 e. The van der Waals surface area contributed by atoms with Crippen LogP contribution in [0.15, 0.2) is 23.3 Å². The molecule has 2 aromatic rings. The van der Waals surface area contributed by atoms with Crippen molar-refractivity contribution in [2.24, 2.45) is 0 Å². The molecule has 0 saturated carbocycles. The van der Waals surface area contributed by atoms with Crippen molar-refractivity contribution >= 4 is 11.0 Å². The van der Waals surface area contributed by atoms with Crippen molar-refractivity contribution in [3.05, 3.63) is 28.9 Å². The normalized spacial score (nSPS) is 21.3. The van der Waals surface area contributed by atoms with Crippen molar-refractivity contribution in [2.75, 3.05) is 13.1 Å². The molecule has 0 unspecified atom stereocenters. The van der Waals surface area contributed by atoms with Crippen LogP contribution in [0.1, 0.15) is 33.2 Å². The average Bonchev–Trinajstić information content (AvgIpc) is 2.90. The van der Waals surface area contributed by atoms with Crippen molar-refractivity contribution in [1.82, 2.24) is 19.4 Å². The van der Waals surface area contributed by atoms with Crippen LogP contribution in [0.2, 0.25) is 0 Å². The highest BCUT2D eigenvalue weighted by atomic mass is 16.1. The molecule has 0 bridgehead atoms. The van der Waals surface area contributed by atoms with Gasteiger partial charge in [0.25, 0.3) is 0 Å². The van der Waals surface area contributed by atoms with E-state index in [2.05, 4.69) is 35.6 Å². The molecule has 0 amide bonds. The zero-order valence-corrected chi connectivity index (χ0v) is 11.7. The molecular formula is C14H20N4O. The van der Waals surface area contributed by atoms with E-state index in [4.69, 9.17) is 0 Å². The highest BCUT2D eigenvalue weighted by Crippen LogP contribution is 2.28. The Hall–Kier alpha value is -1.62. The summed E-state index contributed by atoms with van der Waals surface area (Å²) in [6.07, 6.45) is 4.47. The number of pyridine rings is 1. The van der Waals surface area contributed by atoms with Crippen LogP contribution < -0.4 is 5.69 Å². The van der Waals surface area contributed by atoms with Crippen molar-refractivity contribution in [3.8, 4) is 0 Å². The minimum absolute atomic E-state index is 0.0243. The maximum Gasteiger partial charge on any atom is 0.326 e. The van der Waals surface area contributed by atoms with Crippen molar-refractivity contribution in [3.63, 3.8) is 0 Å². The topological polar surface area (TPSA) is 53.9 Å². The van der Waals surface area contributed by atoms with Gasteiger partial charge in [-0.3, -0.25) is 14.5 Å². The number of nitrogens with one attached hydrogen (secondary N) is 1. The van der Waals surface area contributed by atoms with Crippen LogP contribution in [0.4, 0.5) is 0 Å². The lowest BCUT2D eigenvalue weighted by Gasteiger charge is -2.31. The smallest absolute Gasteiger partial charge is 0.304 e. The van der Waals surface area contributed by atoms with E-state index in [1.54, 1.807) is 12.4 Å². The number of nitrogens with zero attached hydrogens (tertiary/aromatic N) is 3. The molecule has 1 aliphatic heterocycles. The lowest BCUT2D eigenvalue weighted by molar-refractivity contribution is 0.169. The highest BCUT2D eigenvalue weighted by molar-refractivity contribution is 5.73. The first-order valence-corrected chi connectivity index (χ1v) is 6.76. The van der Waals surface area contributed by atoms with E-state index in [0.29, 0.717) is 0 Å². The molecule has 3 rings (SSSR count). The van der Waals surface area contributed by atoms with Gasteiger partial charge in [-0.2, -0.15) is 0 Å². The molecular weight excluding hydrogens is 240 g/mol. The predicted molar refractivity (Wildman–Crippen MR) is 75.3 cm³/mol. The summed E-state index contributed by atoms with van der Waals surface area (Å²) in [6, 6.07) is 2.16. The molecule has 3 heterocycles. The molecule has 5 nitrogen and oxygen atoms in total. The summed E-state index contributed by atoms with van der Waals surface area (Å²) in [5.74, 6) is 0. The Kier molecular flexibility index (Phi) is 2.74. The summed E-state index contributed by atoms with van der Waals surface area (Å²) in [7, 11) is 0. The van der Waals surface area contributed by atoms with Crippen LogP contribution in [0.25, 0.3) is 11.0 Å². The van der Waals surface area contributed by atoms with Crippen molar-refractivity contribution in [1.29, 1.82) is 0 Å². The van der Waals surface area contributed by atoms with Crippen LogP contribution in [0.3, 0.4) is 0 Å². The lowest BCUT2D eigenvalue weighted by atomic mass is 10.1. The van der Waals surface area contributed by atoms with Crippen LogP contribution >= 0.6 is 0 Å². The Morgan fingerprint density at radius 3 is 2.89 bits per heavy atom. The third-order valence-corrected chi connectivity index (χ3v) is 4.00. The van der Waals surface area contributed by atoms with Gasteiger partial charge in [-0.25, -0.2) is 4.79 Å². The fraction of sp³-hybridized carbons (Fsp3) is 0.571. The van der Waals surface area contributed by atoms with E-state index in [9.17, 15) is 4.79 Å². The van der Waals surface area contributed by atoms with E-state index < -0.39 is 0 Å². The van der Waals surface area contributed by atoms with Gasteiger partial charge in [0.05, 0.1) is 23.3 Å². The number of likely N-dealkylation sites (tertiary alicyclic amines) is 1. The number of aromatic nitrogens is 3. The zero-order valence-electron chi connectivity index (χ0n) is 11.7. The van der Waals surface area contributed by atoms with Gasteiger partial charge >= 0.3 is 5.69 Å². The number of H-pyrrole nitrogens is 1. The van der Waals surface area contributed by atoms with Crippen molar-refractivity contribution < 1.29 is 0 Å². The summed E-state index contributed by atoms with van der Waals surface area (Å²) in [6.45, 7) is 8.63. The molecule has 1 fully saturated rings. The molecule has 1 atom stereocenters. The van der Waals surface area contributed by atoms with E-state index >= 15 is 0 Å². The van der Waals surface area contributed by atoms with Crippen LogP contribution in [0.5, 0.6) is 0 Å². The lowest BCUT2D eigenvalue weighted by Crippen LogP contribution is -2.40. The fourth-order valence-electron chi connectivity index (χ4n) is 2.90. The maximum atomic E-state index is 12.1. The van der Waals surface area contributed by atoms with E-state index in [0.717, 1.165) is 30.5 Å². The average molecular weight is 260 g/mol. The molecule has 1 aliphatic rings. The monoisotopic (exact) mass is 260 g/mol. The Bertz CT molecular complexity index is 649. The molecule has 0 aromatic carbocycles. The van der Waals surface area contributed by atoms with Crippen molar-refractivity contribution in [2.45, 2.75) is 38.8 Å². The van der Waals surface area contributed by atoms with Crippen LogP contribution in [-0.2, 0) is 0 Å². The third-order valence-electron chi connectivity index (χ3n) is 4.00. The number of aromatic amines is 1. The van der Waals surface area contributed by atoms with Gasteiger partial charge in [-0.1, -0.05) is 0 Å². The second-order valence-corrected chi connectivity index (χ2v) is 6.25. The molecule has 19 heavy (non-hydrogen) atoms. The summed E-state index contributed by atoms with van der Waals surface area (Å²) in [5, 5.41) is 0. The quantitative estimate of drug-likeness (QED) is 0.850. The standard InChI is InChI=1S/C14H20N4O/c1-14(2,3)17-7-5-10(9-17)18-12-4-6-15-8-11(12)16-13(18)19/h4,6,8,10H,5,7,9H2,1-3H3,(H,16,19)/t10-/m1/s1. The molecule has 0 aliphatic carbocycles. The SMILES string of the molecule is CC(C)(C)N1CC[C@@H](n2c(=O)[nH]c3cnccc32)C1. The van der Waals surface area contributed by atoms with Gasteiger partial charge in [0.15, 0.2) is 0 Å². The molecule has 5 heteroatoms. The molecule has 0 spiro atoms. The maximum absolute atomic E-state index is 12.1. The number of rotatable bonds is 1. The number of hydrogen-bond donors (Lipinski definition) is 1. The minimum Gasteiger partial charge on any atom is -0.304 e. The van der Waals surface area contributed by atoms with Crippen LogP contribution in [-0.4, -0.2) is 38.1 Å². The molecule has 1 saturated heterocycles. The van der Waals surface area contributed by atoms with Gasteiger partial charge < -0.3 is 4.98 Å². The minimum atomic E-state index is -0.0243. The third kappa shape index (κ3) is 2.08. The predicted octanol–water partition coefficient (Wildman–Crippen LogP) is 1.77. The van der Waals surface area contributed by atoms with Gasteiger partial charge in [0, 0.05) is 24.8 Å². The summed E-state index contributed by atoms with van der Waals surface area (Å²) in [4.78, 5) is 21.5. The number of hydrogen-bond acceptors (Lipinski definition) is 3. The molecule has 1 N–H and O–H groups in total. The second kappa shape index (κ2) is 4.20. The fourth-order valence-corrected chi connectivity index (χ4v) is 2.90. The summed E-state index contributed by atoms with van der Waals surface area (Å²) < 4.78 is 1.89. The summed E-state index contributed by atoms with van der Waals surface area (Å²) in [5.41, 5.74) is 1.91. The zero-order chi connectivity index (χ0) is 13.6. The second-order valence-electron chi connectivity index (χ2n) is 6.25. The van der Waals surface area contributed by atoms with Gasteiger partial charge in [0.1, 0.15) is 0 Å². The molecule has 0 radical (unpaired) electrons. The van der Waals surface area contributed by atoms with E-state index in [1.807, 2.05) is 10.6 Å². The van der Waals surface area contributed by atoms with Gasteiger partial charge in [0.2, 0.25) is 0 Å². The highest BCUT2D eigenvalue weighted by Gasteiger charge is 2.32. The first-order valence-electron chi connectivity index (χ1n) is 6.76. The Labute approximate surface area is 112 Å². The Morgan fingerprint density at radius 2 is 2.21 bits per heavy atom. The first kappa shape index (κ1) is 12.4.